The number of carboxylic acid groups (broad SMARTS) is 1. The van der Waals surface area contributed by atoms with E-state index in [1.165, 1.54) is 31.2 Å². The molecule has 0 aromatic heterocycles. The fraction of sp³-hybridized carbons (Fsp3) is 0.308. The second-order valence-electron chi connectivity index (χ2n) is 3.39. The lowest BCUT2D eigenvalue weighted by Crippen LogP contribution is -2.33. The van der Waals surface area contributed by atoms with Crippen molar-refractivity contribution >= 4 is 15.8 Å². The first-order valence-corrected chi connectivity index (χ1v) is 7.16. The van der Waals surface area contributed by atoms with Crippen molar-refractivity contribution < 1.29 is 23.1 Å². The molecule has 0 radical (unpaired) electrons. The molecular formula is C13H18O5S. The van der Waals surface area contributed by atoms with Crippen molar-refractivity contribution in [2.24, 2.45) is 0 Å². The van der Waals surface area contributed by atoms with Gasteiger partial charge in [-0.3, -0.25) is 0 Å². The lowest BCUT2D eigenvalue weighted by atomic mass is 10.4. The summed E-state index contributed by atoms with van der Waals surface area (Å²) in [5.74, 6) is -1.51. The van der Waals surface area contributed by atoms with Crippen LogP contribution in [0.15, 0.2) is 47.9 Å². The normalized spacial score (nSPS) is 11.9. The maximum Gasteiger partial charge on any atom is 0.349 e. The van der Waals surface area contributed by atoms with Gasteiger partial charge < -0.3 is 9.84 Å². The molecule has 0 aliphatic heterocycles. The van der Waals surface area contributed by atoms with E-state index >= 15 is 0 Å². The number of sulfone groups is 1. The molecule has 19 heavy (non-hydrogen) atoms. The summed E-state index contributed by atoms with van der Waals surface area (Å²) in [6.45, 7) is 6.81. The Labute approximate surface area is 113 Å². The number of ether oxygens (including phenoxy) is 1. The molecule has 0 aliphatic rings. The van der Waals surface area contributed by atoms with Crippen molar-refractivity contribution in [1.29, 1.82) is 0 Å². The van der Waals surface area contributed by atoms with Gasteiger partial charge in [0.05, 0.1) is 4.90 Å². The number of allylic oxidation sites excluding steroid dienone is 1. The highest BCUT2D eigenvalue weighted by Gasteiger charge is 2.34. The maximum atomic E-state index is 11.9. The molecule has 0 fully saturated rings. The van der Waals surface area contributed by atoms with Gasteiger partial charge in [0.25, 0.3) is 5.44 Å². The van der Waals surface area contributed by atoms with Crippen molar-refractivity contribution in [3.8, 4) is 0 Å². The van der Waals surface area contributed by atoms with Gasteiger partial charge in [0.15, 0.2) is 0 Å². The van der Waals surface area contributed by atoms with Gasteiger partial charge in [0.1, 0.15) is 0 Å². The van der Waals surface area contributed by atoms with Gasteiger partial charge in [-0.05, 0) is 26.0 Å². The maximum absolute atomic E-state index is 11.9. The molecule has 106 valence electrons. The molecule has 6 heteroatoms. The third kappa shape index (κ3) is 5.23. The number of carbonyl (C=O) groups is 1. The zero-order chi connectivity index (χ0) is 14.9. The van der Waals surface area contributed by atoms with Gasteiger partial charge in [0.2, 0.25) is 9.84 Å². The van der Waals surface area contributed by atoms with Crippen LogP contribution in [0.4, 0.5) is 0 Å². The summed E-state index contributed by atoms with van der Waals surface area (Å²) in [6, 6.07) is 7.37. The van der Waals surface area contributed by atoms with Crippen LogP contribution in [-0.4, -0.2) is 31.5 Å². The molecule has 1 aromatic rings. The van der Waals surface area contributed by atoms with Crippen LogP contribution in [-0.2, 0) is 19.4 Å². The van der Waals surface area contributed by atoms with Gasteiger partial charge in [-0.2, -0.15) is 0 Å². The lowest BCUT2D eigenvalue weighted by molar-refractivity contribution is -0.144. The number of carboxylic acids is 1. The summed E-state index contributed by atoms with van der Waals surface area (Å²) in [6.07, 6.45) is 1.75. The summed E-state index contributed by atoms with van der Waals surface area (Å²) in [5.41, 5.74) is -1.85. The second-order valence-corrected chi connectivity index (χ2v) is 5.38. The highest BCUT2D eigenvalue weighted by molar-refractivity contribution is 7.92. The van der Waals surface area contributed by atoms with Gasteiger partial charge in [-0.25, -0.2) is 13.2 Å². The first-order valence-electron chi connectivity index (χ1n) is 5.62. The van der Waals surface area contributed by atoms with E-state index in [4.69, 9.17) is 9.84 Å². The Morgan fingerprint density at radius 2 is 1.89 bits per heavy atom. The zero-order valence-corrected chi connectivity index (χ0v) is 11.8. The number of rotatable bonds is 5. The van der Waals surface area contributed by atoms with Crippen molar-refractivity contribution in [3.05, 3.63) is 43.0 Å². The summed E-state index contributed by atoms with van der Waals surface area (Å²) in [4.78, 5) is 10.7. The number of aliphatic carboxylic acids is 1. The Morgan fingerprint density at radius 1 is 1.42 bits per heavy atom. The van der Waals surface area contributed by atoms with Crippen molar-refractivity contribution in [1.82, 2.24) is 0 Å². The zero-order valence-electron chi connectivity index (χ0n) is 10.9. The average molecular weight is 286 g/mol. The minimum atomic E-state index is -3.98. The molecule has 0 spiro atoms. The first-order chi connectivity index (χ1) is 8.91. The molecular weight excluding hydrogens is 268 g/mol. The van der Waals surface area contributed by atoms with Gasteiger partial charge >= 0.3 is 5.97 Å². The molecule has 1 rings (SSSR count). The van der Waals surface area contributed by atoms with E-state index in [0.717, 1.165) is 0 Å². The van der Waals surface area contributed by atoms with Gasteiger partial charge in [-0.15, -0.1) is 6.58 Å². The minimum absolute atomic E-state index is 0.0169. The Balaban J connectivity index is 0.000000982. The monoisotopic (exact) mass is 286 g/mol. The standard InChI is InChI=1S/C10H12O5S.C3H6/c1-2-15-10(9(11)12)16(13,14)8-6-4-3-5-7-8;1-3-2/h3-7,10H,2H2,1H3,(H,11,12);3H,1H2,2H3. The van der Waals surface area contributed by atoms with E-state index in [1.807, 2.05) is 6.92 Å². The van der Waals surface area contributed by atoms with Gasteiger partial charge in [0, 0.05) is 6.61 Å². The van der Waals surface area contributed by atoms with Crippen LogP contribution in [0, 0.1) is 0 Å². The smallest absolute Gasteiger partial charge is 0.349 e. The van der Waals surface area contributed by atoms with E-state index in [1.54, 1.807) is 12.1 Å². The van der Waals surface area contributed by atoms with Crippen molar-refractivity contribution in [2.45, 2.75) is 24.2 Å². The van der Waals surface area contributed by atoms with E-state index in [9.17, 15) is 13.2 Å². The Morgan fingerprint density at radius 3 is 2.26 bits per heavy atom. The largest absolute Gasteiger partial charge is 0.479 e. The molecule has 0 saturated carbocycles. The molecule has 1 N–H and O–H groups in total. The van der Waals surface area contributed by atoms with Crippen LogP contribution in [0.5, 0.6) is 0 Å². The van der Waals surface area contributed by atoms with Crippen LogP contribution in [0.1, 0.15) is 13.8 Å². The Hall–Kier alpha value is -1.66. The van der Waals surface area contributed by atoms with Crippen LogP contribution in [0.2, 0.25) is 0 Å². The molecule has 1 aromatic carbocycles. The predicted octanol–water partition coefficient (Wildman–Crippen LogP) is 2.10. The van der Waals surface area contributed by atoms with E-state index < -0.39 is 21.2 Å². The molecule has 0 amide bonds. The van der Waals surface area contributed by atoms with Crippen molar-refractivity contribution in [3.63, 3.8) is 0 Å². The number of benzene rings is 1. The van der Waals surface area contributed by atoms with E-state index in [2.05, 4.69) is 6.58 Å². The third-order valence-electron chi connectivity index (χ3n) is 1.87. The minimum Gasteiger partial charge on any atom is -0.479 e. The number of hydrogen-bond donors (Lipinski definition) is 1. The predicted molar refractivity (Wildman–Crippen MR) is 72.5 cm³/mol. The summed E-state index contributed by atoms with van der Waals surface area (Å²) >= 11 is 0. The topological polar surface area (TPSA) is 80.7 Å². The first kappa shape index (κ1) is 17.3. The van der Waals surface area contributed by atoms with E-state index in [0.29, 0.717) is 0 Å². The fourth-order valence-electron chi connectivity index (χ4n) is 1.18. The molecule has 1 atom stereocenters. The summed E-state index contributed by atoms with van der Waals surface area (Å²) < 4.78 is 28.5. The highest BCUT2D eigenvalue weighted by atomic mass is 32.2. The molecule has 0 saturated heterocycles. The third-order valence-corrected chi connectivity index (χ3v) is 3.70. The summed E-state index contributed by atoms with van der Waals surface area (Å²) in [7, 11) is -3.98. The van der Waals surface area contributed by atoms with Gasteiger partial charge in [-0.1, -0.05) is 24.3 Å². The summed E-state index contributed by atoms with van der Waals surface area (Å²) in [5, 5.41) is 8.80. The quantitative estimate of drug-likeness (QED) is 0.838. The van der Waals surface area contributed by atoms with Crippen LogP contribution in [0.25, 0.3) is 0 Å². The number of hydrogen-bond acceptors (Lipinski definition) is 4. The Bertz CT molecular complexity index is 493. The molecule has 0 aliphatic carbocycles. The van der Waals surface area contributed by atoms with E-state index in [-0.39, 0.29) is 11.5 Å². The molecule has 5 nitrogen and oxygen atoms in total. The lowest BCUT2D eigenvalue weighted by Gasteiger charge is -2.13. The molecule has 0 bridgehead atoms. The highest BCUT2D eigenvalue weighted by Crippen LogP contribution is 2.16. The van der Waals surface area contributed by atoms with Crippen LogP contribution in [0.3, 0.4) is 0 Å². The fourth-order valence-corrected chi connectivity index (χ4v) is 2.54. The molecule has 1 unspecified atom stereocenters. The van der Waals surface area contributed by atoms with Crippen LogP contribution < -0.4 is 0 Å². The molecule has 0 heterocycles. The van der Waals surface area contributed by atoms with Crippen molar-refractivity contribution in [2.75, 3.05) is 6.61 Å². The second kappa shape index (κ2) is 8.44. The van der Waals surface area contributed by atoms with Crippen LogP contribution >= 0.6 is 0 Å². The Kier molecular flexibility index (Phi) is 7.71. The average Bonchev–Trinajstić information content (AvgIpc) is 2.37. The SMILES string of the molecule is C=CC.CCOC(C(=O)O)S(=O)(=O)c1ccccc1.